The molecule has 8 heteroatoms. The molecule has 2 saturated heterocycles. The van der Waals surface area contributed by atoms with E-state index in [0.717, 1.165) is 57.0 Å². The fraction of sp³-hybridized carbons (Fsp3) is 0.455. The van der Waals surface area contributed by atoms with Crippen molar-refractivity contribution in [1.29, 1.82) is 0 Å². The largest absolute Gasteiger partial charge is 0.455 e. The second kappa shape index (κ2) is 9.64. The number of nitrogens with zero attached hydrogens (tertiary/aromatic N) is 5. The highest BCUT2D eigenvalue weighted by molar-refractivity contribution is 6.30. The number of rotatable bonds is 7. The Morgan fingerprint density at radius 3 is 2.53 bits per heavy atom. The Kier molecular flexibility index (Phi) is 6.72. The van der Waals surface area contributed by atoms with Gasteiger partial charge in [-0.25, -0.2) is 9.80 Å². The molecule has 4 rings (SSSR count). The van der Waals surface area contributed by atoms with E-state index in [2.05, 4.69) is 21.9 Å². The van der Waals surface area contributed by atoms with Crippen molar-refractivity contribution >= 4 is 23.8 Å². The number of urea groups is 1. The van der Waals surface area contributed by atoms with Crippen LogP contribution in [0.2, 0.25) is 5.02 Å². The summed E-state index contributed by atoms with van der Waals surface area (Å²) in [6, 6.07) is 11.2. The van der Waals surface area contributed by atoms with Crippen molar-refractivity contribution in [2.24, 2.45) is 5.10 Å². The molecule has 0 unspecified atom stereocenters. The van der Waals surface area contributed by atoms with E-state index in [0.29, 0.717) is 23.9 Å². The van der Waals surface area contributed by atoms with Crippen LogP contribution in [0.25, 0.3) is 11.3 Å². The number of benzene rings is 1. The topological polar surface area (TPSA) is 55.5 Å². The zero-order valence-electron chi connectivity index (χ0n) is 17.3. The number of carbonyl (C=O) groups excluding carboxylic acids is 1. The molecule has 0 radical (unpaired) electrons. The highest BCUT2D eigenvalue weighted by atomic mass is 35.5. The van der Waals surface area contributed by atoms with E-state index >= 15 is 0 Å². The molecule has 3 heterocycles. The first-order chi connectivity index (χ1) is 14.6. The Bertz CT molecular complexity index is 874. The number of halogens is 1. The maximum atomic E-state index is 12.6. The average molecular weight is 430 g/mol. The van der Waals surface area contributed by atoms with Crippen LogP contribution in [-0.2, 0) is 0 Å². The number of hydrazone groups is 1. The summed E-state index contributed by atoms with van der Waals surface area (Å²) < 4.78 is 5.82. The third-order valence-electron chi connectivity index (χ3n) is 5.65. The second-order valence-electron chi connectivity index (χ2n) is 7.84. The fourth-order valence-electron chi connectivity index (χ4n) is 3.76. The molecular formula is C22H28ClN5O2. The Morgan fingerprint density at radius 2 is 1.77 bits per heavy atom. The van der Waals surface area contributed by atoms with Crippen LogP contribution in [0, 0.1) is 0 Å². The predicted octanol–water partition coefficient (Wildman–Crippen LogP) is 3.31. The van der Waals surface area contributed by atoms with Gasteiger partial charge in [0, 0.05) is 49.9 Å². The van der Waals surface area contributed by atoms with Crippen molar-refractivity contribution in [3.8, 4) is 11.3 Å². The van der Waals surface area contributed by atoms with Gasteiger partial charge < -0.3 is 19.1 Å². The van der Waals surface area contributed by atoms with Gasteiger partial charge in [-0.15, -0.1) is 0 Å². The number of piperazine rings is 1. The van der Waals surface area contributed by atoms with Crippen LogP contribution in [0.1, 0.15) is 12.2 Å². The van der Waals surface area contributed by atoms with Crippen molar-refractivity contribution in [2.75, 3.05) is 59.4 Å². The summed E-state index contributed by atoms with van der Waals surface area (Å²) in [7, 11) is 2.16. The van der Waals surface area contributed by atoms with Gasteiger partial charge in [0.25, 0.3) is 0 Å². The molecule has 0 aliphatic carbocycles. The van der Waals surface area contributed by atoms with E-state index in [4.69, 9.17) is 16.0 Å². The summed E-state index contributed by atoms with van der Waals surface area (Å²) >= 11 is 5.93. The molecule has 7 nitrogen and oxygen atoms in total. The third kappa shape index (κ3) is 5.22. The van der Waals surface area contributed by atoms with Crippen LogP contribution < -0.4 is 0 Å². The van der Waals surface area contributed by atoms with Crippen molar-refractivity contribution in [2.45, 2.75) is 6.42 Å². The van der Waals surface area contributed by atoms with Crippen molar-refractivity contribution in [3.05, 3.63) is 47.2 Å². The molecule has 2 aliphatic rings. The minimum atomic E-state index is -0.0332. The Hall–Kier alpha value is -2.35. The van der Waals surface area contributed by atoms with E-state index in [1.807, 2.05) is 41.3 Å². The molecule has 1 aromatic heterocycles. The Balaban J connectivity index is 1.25. The Morgan fingerprint density at radius 1 is 1.00 bits per heavy atom. The lowest BCUT2D eigenvalue weighted by Crippen LogP contribution is -2.45. The molecule has 0 saturated carbocycles. The standard InChI is InChI=1S/C22H28ClN5O2/c1-25-11-13-26(14-12-25)9-2-10-27-15-16-28(22(27)29)24-17-20-7-8-21(30-20)18-3-5-19(23)6-4-18/h3-8,17H,2,9-16H2,1H3. The molecular weight excluding hydrogens is 402 g/mol. The van der Waals surface area contributed by atoms with Crippen LogP contribution in [0.4, 0.5) is 4.79 Å². The maximum Gasteiger partial charge on any atom is 0.340 e. The minimum Gasteiger partial charge on any atom is -0.455 e. The van der Waals surface area contributed by atoms with Crippen LogP contribution in [0.5, 0.6) is 0 Å². The van der Waals surface area contributed by atoms with E-state index in [-0.39, 0.29) is 6.03 Å². The molecule has 0 atom stereocenters. The quantitative estimate of drug-likeness (QED) is 0.633. The molecule has 2 amide bonds. The number of hydrogen-bond acceptors (Lipinski definition) is 5. The molecule has 2 fully saturated rings. The third-order valence-corrected chi connectivity index (χ3v) is 5.90. The highest BCUT2D eigenvalue weighted by Gasteiger charge is 2.28. The number of furan rings is 1. The maximum absolute atomic E-state index is 12.6. The van der Waals surface area contributed by atoms with Gasteiger partial charge in [0.1, 0.15) is 11.5 Å². The van der Waals surface area contributed by atoms with Gasteiger partial charge in [-0.3, -0.25) is 0 Å². The summed E-state index contributed by atoms with van der Waals surface area (Å²) in [5.74, 6) is 1.35. The summed E-state index contributed by atoms with van der Waals surface area (Å²) in [5.41, 5.74) is 0.947. The summed E-state index contributed by atoms with van der Waals surface area (Å²) in [4.78, 5) is 19.3. The van der Waals surface area contributed by atoms with Gasteiger partial charge in [0.2, 0.25) is 0 Å². The minimum absolute atomic E-state index is 0.0332. The van der Waals surface area contributed by atoms with Crippen molar-refractivity contribution in [1.82, 2.24) is 19.7 Å². The lowest BCUT2D eigenvalue weighted by Gasteiger charge is -2.32. The number of likely N-dealkylation sites (N-methyl/N-ethyl adjacent to an activating group) is 1. The number of carbonyl (C=O) groups is 1. The molecule has 160 valence electrons. The van der Waals surface area contributed by atoms with Crippen LogP contribution in [0.3, 0.4) is 0 Å². The molecule has 0 bridgehead atoms. The predicted molar refractivity (Wildman–Crippen MR) is 119 cm³/mol. The van der Waals surface area contributed by atoms with Gasteiger partial charge in [-0.1, -0.05) is 11.6 Å². The van der Waals surface area contributed by atoms with E-state index < -0.39 is 0 Å². The van der Waals surface area contributed by atoms with Crippen LogP contribution in [0.15, 0.2) is 45.9 Å². The Labute approximate surface area is 182 Å². The van der Waals surface area contributed by atoms with Gasteiger partial charge >= 0.3 is 6.03 Å². The van der Waals surface area contributed by atoms with Gasteiger partial charge in [0.05, 0.1) is 12.8 Å². The van der Waals surface area contributed by atoms with Crippen molar-refractivity contribution in [3.63, 3.8) is 0 Å². The van der Waals surface area contributed by atoms with Crippen molar-refractivity contribution < 1.29 is 9.21 Å². The molecule has 0 spiro atoms. The molecule has 2 aromatic rings. The first kappa shape index (κ1) is 20.9. The van der Waals surface area contributed by atoms with Crippen LogP contribution in [-0.4, -0.2) is 91.4 Å². The molecule has 0 N–H and O–H groups in total. The zero-order valence-corrected chi connectivity index (χ0v) is 18.1. The normalized spacial score (nSPS) is 18.8. The SMILES string of the molecule is CN1CCN(CCCN2CCN(N=Cc3ccc(-c4ccc(Cl)cc4)o3)C2=O)CC1. The average Bonchev–Trinajstić information content (AvgIpc) is 3.36. The molecule has 1 aromatic carbocycles. The first-order valence-corrected chi connectivity index (χ1v) is 10.8. The molecule has 2 aliphatic heterocycles. The fourth-order valence-corrected chi connectivity index (χ4v) is 3.89. The zero-order chi connectivity index (χ0) is 20.9. The lowest BCUT2D eigenvalue weighted by molar-refractivity contribution is 0.147. The number of amides is 2. The summed E-state index contributed by atoms with van der Waals surface area (Å²) in [6.45, 7) is 7.61. The van der Waals surface area contributed by atoms with Gasteiger partial charge in [-0.2, -0.15) is 5.10 Å². The van der Waals surface area contributed by atoms with Crippen LogP contribution >= 0.6 is 11.6 Å². The van der Waals surface area contributed by atoms with E-state index in [9.17, 15) is 4.79 Å². The lowest BCUT2D eigenvalue weighted by atomic mass is 10.2. The van der Waals surface area contributed by atoms with Gasteiger partial charge in [0.15, 0.2) is 0 Å². The van der Waals surface area contributed by atoms with E-state index in [1.54, 1.807) is 6.21 Å². The van der Waals surface area contributed by atoms with E-state index in [1.165, 1.54) is 5.01 Å². The number of hydrogen-bond donors (Lipinski definition) is 0. The molecule has 30 heavy (non-hydrogen) atoms. The monoisotopic (exact) mass is 429 g/mol. The second-order valence-corrected chi connectivity index (χ2v) is 8.28. The van der Waals surface area contributed by atoms with Gasteiger partial charge in [-0.05, 0) is 56.4 Å². The first-order valence-electron chi connectivity index (χ1n) is 10.5. The highest BCUT2D eigenvalue weighted by Crippen LogP contribution is 2.23. The summed E-state index contributed by atoms with van der Waals surface area (Å²) in [5, 5.41) is 6.54. The summed E-state index contributed by atoms with van der Waals surface area (Å²) in [6.07, 6.45) is 2.60. The smallest absolute Gasteiger partial charge is 0.340 e.